The van der Waals surface area contributed by atoms with Crippen molar-refractivity contribution < 1.29 is 8.42 Å². The standard InChI is InChI=1S/C11H23NO2S/c1-3-10(2)12-15(13,14)9-11-7-5-4-6-8-11/h10-12H,3-9H2,1-2H3. The molecule has 1 saturated carbocycles. The van der Waals surface area contributed by atoms with Gasteiger partial charge in [0, 0.05) is 6.04 Å². The van der Waals surface area contributed by atoms with Gasteiger partial charge in [-0.3, -0.25) is 0 Å². The summed E-state index contributed by atoms with van der Waals surface area (Å²) in [4.78, 5) is 0. The van der Waals surface area contributed by atoms with E-state index >= 15 is 0 Å². The Kier molecular flexibility index (Phi) is 5.06. The summed E-state index contributed by atoms with van der Waals surface area (Å²) >= 11 is 0. The molecule has 0 aromatic heterocycles. The maximum Gasteiger partial charge on any atom is 0.212 e. The summed E-state index contributed by atoms with van der Waals surface area (Å²) in [5.74, 6) is 0.720. The van der Waals surface area contributed by atoms with E-state index in [1.54, 1.807) is 0 Å². The van der Waals surface area contributed by atoms with Gasteiger partial charge in [-0.1, -0.05) is 26.2 Å². The Labute approximate surface area is 93.7 Å². The minimum absolute atomic E-state index is 0.0681. The molecule has 0 saturated heterocycles. The molecule has 0 radical (unpaired) electrons. The minimum Gasteiger partial charge on any atom is -0.212 e. The van der Waals surface area contributed by atoms with Crippen molar-refractivity contribution in [2.24, 2.45) is 5.92 Å². The second-order valence-corrected chi connectivity index (χ2v) is 6.51. The van der Waals surface area contributed by atoms with Crippen molar-refractivity contribution in [3.63, 3.8) is 0 Å². The Hall–Kier alpha value is -0.0900. The molecule has 0 aromatic rings. The van der Waals surface area contributed by atoms with E-state index < -0.39 is 10.0 Å². The fourth-order valence-corrected chi connectivity index (χ4v) is 3.93. The SMILES string of the molecule is CCC(C)NS(=O)(=O)CC1CCCCC1. The van der Waals surface area contributed by atoms with Crippen molar-refractivity contribution in [3.05, 3.63) is 0 Å². The van der Waals surface area contributed by atoms with E-state index in [0.717, 1.165) is 19.3 Å². The molecule has 0 heterocycles. The first-order valence-corrected chi connectivity index (χ1v) is 7.68. The molecule has 1 fully saturated rings. The second-order valence-electron chi connectivity index (χ2n) is 4.71. The summed E-state index contributed by atoms with van der Waals surface area (Å²) in [6.45, 7) is 3.91. The molecule has 0 aliphatic heterocycles. The van der Waals surface area contributed by atoms with Crippen molar-refractivity contribution in [2.75, 3.05) is 5.75 Å². The summed E-state index contributed by atoms with van der Waals surface area (Å²) in [6, 6.07) is 0.0681. The van der Waals surface area contributed by atoms with E-state index in [1.165, 1.54) is 19.3 Å². The van der Waals surface area contributed by atoms with E-state index in [2.05, 4.69) is 4.72 Å². The maximum atomic E-state index is 11.8. The number of nitrogens with one attached hydrogen (secondary N) is 1. The topological polar surface area (TPSA) is 46.2 Å². The third kappa shape index (κ3) is 4.98. The number of hydrogen-bond acceptors (Lipinski definition) is 2. The van der Waals surface area contributed by atoms with Crippen LogP contribution in [0.1, 0.15) is 52.4 Å². The Bertz CT molecular complexity index is 268. The predicted molar refractivity (Wildman–Crippen MR) is 63.3 cm³/mol. The molecule has 0 bridgehead atoms. The molecular weight excluding hydrogens is 210 g/mol. The highest BCUT2D eigenvalue weighted by Crippen LogP contribution is 2.24. The van der Waals surface area contributed by atoms with Crippen LogP contribution in [0.25, 0.3) is 0 Å². The number of rotatable bonds is 5. The molecule has 4 heteroatoms. The first-order valence-electron chi connectivity index (χ1n) is 6.03. The van der Waals surface area contributed by atoms with Gasteiger partial charge in [0.1, 0.15) is 0 Å². The van der Waals surface area contributed by atoms with Gasteiger partial charge < -0.3 is 0 Å². The second kappa shape index (κ2) is 5.85. The normalized spacial score (nSPS) is 21.5. The molecule has 1 aliphatic rings. The quantitative estimate of drug-likeness (QED) is 0.792. The summed E-state index contributed by atoms with van der Waals surface area (Å²) < 4.78 is 26.2. The van der Waals surface area contributed by atoms with E-state index in [-0.39, 0.29) is 6.04 Å². The maximum absolute atomic E-state index is 11.8. The summed E-state index contributed by atoms with van der Waals surface area (Å²) in [7, 11) is -3.04. The number of hydrogen-bond donors (Lipinski definition) is 1. The molecule has 15 heavy (non-hydrogen) atoms. The average molecular weight is 233 g/mol. The smallest absolute Gasteiger partial charge is 0.212 e. The van der Waals surface area contributed by atoms with Crippen molar-refractivity contribution in [1.82, 2.24) is 4.72 Å². The lowest BCUT2D eigenvalue weighted by molar-refractivity contribution is 0.383. The zero-order valence-corrected chi connectivity index (χ0v) is 10.6. The first-order chi connectivity index (χ1) is 7.03. The van der Waals surface area contributed by atoms with E-state index in [1.807, 2.05) is 13.8 Å². The van der Waals surface area contributed by atoms with Crippen LogP contribution in [0.5, 0.6) is 0 Å². The van der Waals surface area contributed by atoms with E-state index in [4.69, 9.17) is 0 Å². The zero-order valence-electron chi connectivity index (χ0n) is 9.83. The Morgan fingerprint density at radius 3 is 2.40 bits per heavy atom. The molecule has 0 amide bonds. The summed E-state index contributed by atoms with van der Waals surface area (Å²) in [5, 5.41) is 0. The van der Waals surface area contributed by atoms with Gasteiger partial charge in [0.25, 0.3) is 0 Å². The molecule has 1 unspecified atom stereocenters. The van der Waals surface area contributed by atoms with Crippen molar-refractivity contribution in [2.45, 2.75) is 58.4 Å². The van der Waals surface area contributed by atoms with Gasteiger partial charge in [-0.25, -0.2) is 13.1 Å². The van der Waals surface area contributed by atoms with Crippen LogP contribution < -0.4 is 4.72 Å². The molecule has 90 valence electrons. The highest BCUT2D eigenvalue weighted by molar-refractivity contribution is 7.89. The average Bonchev–Trinajstić information content (AvgIpc) is 2.17. The van der Waals surface area contributed by atoms with Gasteiger partial charge in [0.05, 0.1) is 5.75 Å². The first kappa shape index (κ1) is 13.0. The lowest BCUT2D eigenvalue weighted by atomic mass is 9.91. The fourth-order valence-electron chi connectivity index (χ4n) is 2.10. The molecule has 1 N–H and O–H groups in total. The minimum atomic E-state index is -3.04. The van der Waals surface area contributed by atoms with Gasteiger partial charge in [-0.15, -0.1) is 0 Å². The highest BCUT2D eigenvalue weighted by Gasteiger charge is 2.21. The fraction of sp³-hybridized carbons (Fsp3) is 1.00. The molecular formula is C11H23NO2S. The highest BCUT2D eigenvalue weighted by atomic mass is 32.2. The van der Waals surface area contributed by atoms with Gasteiger partial charge in [0.2, 0.25) is 10.0 Å². The summed E-state index contributed by atoms with van der Waals surface area (Å²) in [5.41, 5.74) is 0. The Morgan fingerprint density at radius 1 is 1.27 bits per heavy atom. The van der Waals surface area contributed by atoms with Crippen LogP contribution in [0.15, 0.2) is 0 Å². The van der Waals surface area contributed by atoms with Gasteiger partial charge >= 0.3 is 0 Å². The molecule has 3 nitrogen and oxygen atoms in total. The molecule has 1 rings (SSSR count). The van der Waals surface area contributed by atoms with Gasteiger partial charge in [0.15, 0.2) is 0 Å². The summed E-state index contributed by atoms with van der Waals surface area (Å²) in [6.07, 6.45) is 6.69. The third-order valence-electron chi connectivity index (χ3n) is 3.17. The Morgan fingerprint density at radius 2 is 1.87 bits per heavy atom. The van der Waals surface area contributed by atoms with Crippen LogP contribution in [0, 0.1) is 5.92 Å². The monoisotopic (exact) mass is 233 g/mol. The lowest BCUT2D eigenvalue weighted by Gasteiger charge is -2.22. The van der Waals surface area contributed by atoms with Crippen LogP contribution in [0.2, 0.25) is 0 Å². The molecule has 0 spiro atoms. The predicted octanol–water partition coefficient (Wildman–Crippen LogP) is 2.28. The van der Waals surface area contributed by atoms with E-state index in [9.17, 15) is 8.42 Å². The van der Waals surface area contributed by atoms with Crippen LogP contribution in [-0.4, -0.2) is 20.2 Å². The molecule has 0 aromatic carbocycles. The van der Waals surface area contributed by atoms with Gasteiger partial charge in [-0.05, 0) is 32.1 Å². The van der Waals surface area contributed by atoms with Crippen LogP contribution in [-0.2, 0) is 10.0 Å². The zero-order chi connectivity index (χ0) is 11.3. The third-order valence-corrected chi connectivity index (χ3v) is 4.84. The van der Waals surface area contributed by atoms with Crippen molar-refractivity contribution in [3.8, 4) is 0 Å². The lowest BCUT2D eigenvalue weighted by Crippen LogP contribution is -2.36. The van der Waals surface area contributed by atoms with Crippen molar-refractivity contribution in [1.29, 1.82) is 0 Å². The largest absolute Gasteiger partial charge is 0.212 e. The van der Waals surface area contributed by atoms with Crippen molar-refractivity contribution >= 4 is 10.0 Å². The Balaban J connectivity index is 2.40. The van der Waals surface area contributed by atoms with Crippen LogP contribution in [0.3, 0.4) is 0 Å². The van der Waals surface area contributed by atoms with Gasteiger partial charge in [-0.2, -0.15) is 0 Å². The molecule has 1 aliphatic carbocycles. The number of sulfonamides is 1. The van der Waals surface area contributed by atoms with E-state index in [0.29, 0.717) is 11.7 Å². The molecule has 1 atom stereocenters. The van der Waals surface area contributed by atoms with Crippen LogP contribution in [0.4, 0.5) is 0 Å². The van der Waals surface area contributed by atoms with Crippen LogP contribution >= 0.6 is 0 Å².